The van der Waals surface area contributed by atoms with Crippen LogP contribution >= 0.6 is 22.9 Å². The van der Waals surface area contributed by atoms with Crippen molar-refractivity contribution < 1.29 is 22.8 Å². The molecule has 3 amide bonds. The molecule has 0 saturated carbocycles. The normalized spacial score (nSPS) is 19.1. The number of nitrogens with one attached hydrogen (secondary N) is 2. The van der Waals surface area contributed by atoms with Gasteiger partial charge in [-0.05, 0) is 55.2 Å². The number of alkyl halides is 1. The fourth-order valence-corrected chi connectivity index (χ4v) is 6.62. The number of piperidine rings is 1. The van der Waals surface area contributed by atoms with Gasteiger partial charge in [0.05, 0.1) is 38.7 Å². The average molecular weight is 622 g/mol. The minimum atomic E-state index is -3.84. The first kappa shape index (κ1) is 30.8. The molecule has 8 N–H and O–H groups in total. The first-order valence-corrected chi connectivity index (χ1v) is 15.7. The number of sulfonamides is 1. The Balaban J connectivity index is 1.54. The van der Waals surface area contributed by atoms with E-state index in [9.17, 15) is 22.8 Å². The maximum atomic E-state index is 13.0. The van der Waals surface area contributed by atoms with Crippen LogP contribution in [0, 0.1) is 0 Å². The molecule has 1 aliphatic heterocycles. The van der Waals surface area contributed by atoms with E-state index in [1.165, 1.54) is 28.4 Å². The van der Waals surface area contributed by atoms with Gasteiger partial charge in [0.15, 0.2) is 0 Å². The van der Waals surface area contributed by atoms with E-state index < -0.39 is 40.2 Å². The third kappa shape index (κ3) is 7.58. The molecular weight excluding hydrogens is 590 g/mol. The Labute approximate surface area is 246 Å². The van der Waals surface area contributed by atoms with Crippen molar-refractivity contribution in [1.29, 1.82) is 0 Å². The highest BCUT2D eigenvalue weighted by Gasteiger charge is 2.35. The lowest BCUT2D eigenvalue weighted by atomic mass is 9.96. The van der Waals surface area contributed by atoms with Crippen molar-refractivity contribution in [2.45, 2.75) is 55.4 Å². The van der Waals surface area contributed by atoms with Crippen molar-refractivity contribution in [1.82, 2.24) is 20.5 Å². The second-order valence-electron chi connectivity index (χ2n) is 9.96. The second kappa shape index (κ2) is 12.8. The molecule has 1 aliphatic rings. The van der Waals surface area contributed by atoms with E-state index in [2.05, 4.69) is 10.6 Å². The number of nitrogens with zero attached hydrogens (tertiary/aromatic N) is 2. The minimum Gasteiger partial charge on any atom is -0.370 e. The van der Waals surface area contributed by atoms with E-state index in [0.717, 1.165) is 20.8 Å². The molecule has 4 rings (SSSR count). The molecule has 1 saturated heterocycles. The van der Waals surface area contributed by atoms with E-state index in [4.69, 9.17) is 33.2 Å². The lowest BCUT2D eigenvalue weighted by molar-refractivity contribution is -0.137. The van der Waals surface area contributed by atoms with Crippen LogP contribution in [0.3, 0.4) is 0 Å². The number of likely N-dealkylation sites (tertiary alicyclic amines) is 1. The van der Waals surface area contributed by atoms with Gasteiger partial charge >= 0.3 is 0 Å². The van der Waals surface area contributed by atoms with Crippen LogP contribution in [0.15, 0.2) is 47.4 Å². The molecule has 15 heteroatoms. The summed E-state index contributed by atoms with van der Waals surface area (Å²) < 4.78 is 24.5. The van der Waals surface area contributed by atoms with E-state index >= 15 is 0 Å². The predicted molar refractivity (Wildman–Crippen MR) is 157 cm³/mol. The summed E-state index contributed by atoms with van der Waals surface area (Å²) in [5.74, 6) is -1.84. The zero-order valence-corrected chi connectivity index (χ0v) is 24.6. The number of amides is 3. The van der Waals surface area contributed by atoms with Crippen LogP contribution in [0.1, 0.15) is 37.1 Å². The van der Waals surface area contributed by atoms with E-state index in [-0.39, 0.29) is 29.0 Å². The Morgan fingerprint density at radius 1 is 1.17 bits per heavy atom. The molecule has 2 heterocycles. The fourth-order valence-electron chi connectivity index (χ4n) is 4.84. The van der Waals surface area contributed by atoms with Gasteiger partial charge in [-0.1, -0.05) is 18.2 Å². The minimum absolute atomic E-state index is 0.0243. The second-order valence-corrected chi connectivity index (χ2v) is 12.9. The van der Waals surface area contributed by atoms with Crippen LogP contribution in [-0.4, -0.2) is 66.8 Å². The fraction of sp³-hybridized carbons (Fsp3) is 0.385. The number of thiazole rings is 1. The number of rotatable bonds is 10. The molecule has 0 spiro atoms. The number of halogens is 1. The maximum Gasteiger partial charge on any atom is 0.239 e. The molecule has 4 unspecified atom stereocenters. The first-order valence-electron chi connectivity index (χ1n) is 12.8. The first-order chi connectivity index (χ1) is 19.3. The van der Waals surface area contributed by atoms with E-state index in [1.54, 1.807) is 19.1 Å². The number of carbonyl (C=O) groups is 3. The third-order valence-corrected chi connectivity index (χ3v) is 9.10. The molecule has 1 fully saturated rings. The zero-order chi connectivity index (χ0) is 29.9. The van der Waals surface area contributed by atoms with Crippen molar-refractivity contribution in [3.05, 3.63) is 47.5 Å². The summed E-state index contributed by atoms with van der Waals surface area (Å²) in [7, 11) is -3.84. The van der Waals surface area contributed by atoms with Crippen LogP contribution in [0.4, 0.5) is 0 Å². The van der Waals surface area contributed by atoms with Gasteiger partial charge < -0.3 is 21.7 Å². The predicted octanol–water partition coefficient (Wildman–Crippen LogP) is 1.14. The Kier molecular flexibility index (Phi) is 9.62. The molecule has 2 aromatic carbocycles. The molecule has 1 aromatic heterocycles. The summed E-state index contributed by atoms with van der Waals surface area (Å²) in [4.78, 5) is 43.6. The van der Waals surface area contributed by atoms with Gasteiger partial charge in [-0.2, -0.15) is 0 Å². The lowest BCUT2D eigenvalue weighted by Gasteiger charge is -2.39. The highest BCUT2D eigenvalue weighted by Crippen LogP contribution is 2.36. The standard InChI is InChI=1S/C26H32ClN7O5S2/c1-14(28)31-20(11-22(29)35)25(37)33-23-8-6-17(13-34(23)24(36)12-27)26-32-19-10-16(5-7-21(19)40-26)15-3-2-4-18(9-15)41(30,38)39/h2-5,7,9-10,14,17,20,23,31H,6,8,11-13,28H2,1H3,(H2,29,35)(H,33,37)(H2,30,38,39). The van der Waals surface area contributed by atoms with Crippen molar-refractivity contribution >= 4 is 60.9 Å². The number of fused-ring (bicyclic) bond motifs is 1. The zero-order valence-electron chi connectivity index (χ0n) is 22.2. The number of primary amides is 1. The van der Waals surface area contributed by atoms with E-state index in [1.807, 2.05) is 18.2 Å². The summed E-state index contributed by atoms with van der Waals surface area (Å²) in [6.45, 7) is 1.93. The summed E-state index contributed by atoms with van der Waals surface area (Å²) in [5, 5.41) is 11.8. The number of aromatic nitrogens is 1. The summed E-state index contributed by atoms with van der Waals surface area (Å²) in [5.41, 5.74) is 13.3. The van der Waals surface area contributed by atoms with Crippen LogP contribution in [-0.2, 0) is 24.4 Å². The lowest BCUT2D eigenvalue weighted by Crippen LogP contribution is -2.59. The van der Waals surface area contributed by atoms with Crippen molar-refractivity contribution in [2.24, 2.45) is 16.6 Å². The van der Waals surface area contributed by atoms with Crippen molar-refractivity contribution in [2.75, 3.05) is 12.4 Å². The molecule has 0 bridgehead atoms. The Morgan fingerprint density at radius 3 is 2.56 bits per heavy atom. The number of hydrogen-bond acceptors (Lipinski definition) is 9. The van der Waals surface area contributed by atoms with Crippen LogP contribution < -0.4 is 27.2 Å². The van der Waals surface area contributed by atoms with Gasteiger partial charge in [-0.25, -0.2) is 18.5 Å². The molecule has 41 heavy (non-hydrogen) atoms. The molecule has 4 atom stereocenters. The van der Waals surface area contributed by atoms with Crippen molar-refractivity contribution in [3.63, 3.8) is 0 Å². The largest absolute Gasteiger partial charge is 0.370 e. The topological polar surface area (TPSA) is 204 Å². The molecular formula is C26H32ClN7O5S2. The van der Waals surface area contributed by atoms with Crippen LogP contribution in [0.5, 0.6) is 0 Å². The highest BCUT2D eigenvalue weighted by atomic mass is 35.5. The van der Waals surface area contributed by atoms with Crippen molar-refractivity contribution in [3.8, 4) is 11.1 Å². The number of carbonyl (C=O) groups excluding carboxylic acids is 3. The quantitative estimate of drug-likeness (QED) is 0.164. The summed E-state index contributed by atoms with van der Waals surface area (Å²) in [6.07, 6.45) is -0.337. The van der Waals surface area contributed by atoms with Gasteiger partial charge in [0.2, 0.25) is 27.7 Å². The molecule has 12 nitrogen and oxygen atoms in total. The van der Waals surface area contributed by atoms with Gasteiger partial charge in [0.1, 0.15) is 12.0 Å². The summed E-state index contributed by atoms with van der Waals surface area (Å²) in [6, 6.07) is 11.1. The molecule has 0 aliphatic carbocycles. The van der Waals surface area contributed by atoms with Gasteiger partial charge in [-0.15, -0.1) is 22.9 Å². The number of benzene rings is 2. The number of hydrogen-bond donors (Lipinski definition) is 5. The highest BCUT2D eigenvalue weighted by molar-refractivity contribution is 7.89. The Hall–Kier alpha value is -3.14. The third-order valence-electron chi connectivity index (χ3n) is 6.76. The monoisotopic (exact) mass is 621 g/mol. The van der Waals surface area contributed by atoms with Gasteiger partial charge in [0.25, 0.3) is 0 Å². The van der Waals surface area contributed by atoms with Gasteiger partial charge in [-0.3, -0.25) is 19.7 Å². The Bertz CT molecular complexity index is 1560. The van der Waals surface area contributed by atoms with Gasteiger partial charge in [0, 0.05) is 12.5 Å². The number of primary sulfonamides is 1. The Morgan fingerprint density at radius 2 is 1.90 bits per heavy atom. The van der Waals surface area contributed by atoms with Crippen LogP contribution in [0.2, 0.25) is 0 Å². The molecule has 3 aromatic rings. The van der Waals surface area contributed by atoms with E-state index in [0.29, 0.717) is 24.9 Å². The average Bonchev–Trinajstić information content (AvgIpc) is 3.35. The molecule has 0 radical (unpaired) electrons. The summed E-state index contributed by atoms with van der Waals surface area (Å²) >= 11 is 7.42. The SMILES string of the molecule is CC(N)NC(CC(N)=O)C(=O)NC1CCC(c2nc3cc(-c4cccc(S(N)(=O)=O)c4)ccc3s2)CN1C(=O)CCl. The smallest absolute Gasteiger partial charge is 0.239 e. The van der Waals surface area contributed by atoms with Crippen LogP contribution in [0.25, 0.3) is 21.3 Å². The maximum absolute atomic E-state index is 13.0. The molecule has 220 valence electrons. The number of nitrogens with two attached hydrogens (primary N) is 3.